The molecule has 222 valence electrons. The van der Waals surface area contributed by atoms with Gasteiger partial charge in [0.1, 0.15) is 22.8 Å². The Labute approximate surface area is 245 Å². The minimum absolute atomic E-state index is 0.0340. The van der Waals surface area contributed by atoms with E-state index in [0.29, 0.717) is 36.1 Å². The lowest BCUT2D eigenvalue weighted by molar-refractivity contribution is 0.0126. The molecule has 3 aliphatic rings. The molecule has 0 aromatic carbocycles. The van der Waals surface area contributed by atoms with Crippen molar-refractivity contribution in [1.29, 1.82) is 0 Å². The SMILES string of the molecule is CN(C)C(=O)c1cc2cnc(Nc3ccc(C(=O)N4C[C@@H]5C[C@H]4CN5C(=O)OC(C)(C)C)cn3)nc2n1C1CCCC1. The number of carbonyl (C=O) groups is 3. The second kappa shape index (κ2) is 10.6. The fourth-order valence-electron chi connectivity index (χ4n) is 6.33. The zero-order valence-electron chi connectivity index (χ0n) is 24.8. The number of ether oxygens (including phenoxy) is 1. The van der Waals surface area contributed by atoms with Crippen LogP contribution in [0.15, 0.2) is 30.6 Å². The third-order valence-electron chi connectivity index (χ3n) is 8.27. The van der Waals surface area contributed by atoms with Crippen molar-refractivity contribution in [2.75, 3.05) is 32.5 Å². The van der Waals surface area contributed by atoms with E-state index in [9.17, 15) is 14.4 Å². The molecule has 2 bridgehead atoms. The Kier molecular flexibility index (Phi) is 7.02. The lowest BCUT2D eigenvalue weighted by atomic mass is 10.2. The van der Waals surface area contributed by atoms with Gasteiger partial charge in [0, 0.05) is 51.0 Å². The molecule has 1 saturated carbocycles. The number of nitrogens with zero attached hydrogens (tertiary/aromatic N) is 7. The maximum atomic E-state index is 13.3. The summed E-state index contributed by atoms with van der Waals surface area (Å²) >= 11 is 0. The smallest absolute Gasteiger partial charge is 0.410 e. The van der Waals surface area contributed by atoms with Crippen molar-refractivity contribution < 1.29 is 19.1 Å². The van der Waals surface area contributed by atoms with E-state index in [2.05, 4.69) is 19.9 Å². The molecule has 3 aromatic rings. The molecule has 2 saturated heterocycles. The topological polar surface area (TPSA) is 126 Å². The summed E-state index contributed by atoms with van der Waals surface area (Å²) in [4.78, 5) is 57.7. The molecule has 2 atom stereocenters. The number of likely N-dealkylation sites (tertiary alicyclic amines) is 2. The quantitative estimate of drug-likeness (QED) is 0.480. The van der Waals surface area contributed by atoms with E-state index in [0.717, 1.165) is 43.1 Å². The summed E-state index contributed by atoms with van der Waals surface area (Å²) in [6, 6.07) is 5.50. The molecule has 5 heterocycles. The van der Waals surface area contributed by atoms with E-state index in [1.807, 2.05) is 31.7 Å². The summed E-state index contributed by atoms with van der Waals surface area (Å²) < 4.78 is 7.60. The van der Waals surface area contributed by atoms with Crippen LogP contribution in [0.1, 0.15) is 79.8 Å². The normalized spacial score (nSPS) is 20.4. The van der Waals surface area contributed by atoms with Crippen LogP contribution >= 0.6 is 0 Å². The Morgan fingerprint density at radius 1 is 0.976 bits per heavy atom. The minimum Gasteiger partial charge on any atom is -0.444 e. The van der Waals surface area contributed by atoms with Gasteiger partial charge in [-0.1, -0.05) is 12.8 Å². The van der Waals surface area contributed by atoms with Gasteiger partial charge in [-0.25, -0.2) is 14.8 Å². The fourth-order valence-corrected chi connectivity index (χ4v) is 6.33. The van der Waals surface area contributed by atoms with E-state index >= 15 is 0 Å². The number of anilines is 2. The van der Waals surface area contributed by atoms with Gasteiger partial charge in [-0.05, 0) is 58.2 Å². The Balaban J connectivity index is 1.15. The van der Waals surface area contributed by atoms with Crippen LogP contribution in [0.2, 0.25) is 0 Å². The second-order valence-electron chi connectivity index (χ2n) is 12.7. The second-order valence-corrected chi connectivity index (χ2v) is 12.7. The van der Waals surface area contributed by atoms with E-state index < -0.39 is 5.60 Å². The van der Waals surface area contributed by atoms with Gasteiger partial charge in [0.15, 0.2) is 0 Å². The summed E-state index contributed by atoms with van der Waals surface area (Å²) in [7, 11) is 3.51. The van der Waals surface area contributed by atoms with Crippen LogP contribution in [0, 0.1) is 0 Å². The predicted octanol–water partition coefficient (Wildman–Crippen LogP) is 4.22. The molecule has 1 N–H and O–H groups in total. The van der Waals surface area contributed by atoms with Crippen molar-refractivity contribution in [1.82, 2.24) is 34.2 Å². The van der Waals surface area contributed by atoms with Crippen LogP contribution in [-0.2, 0) is 4.74 Å². The van der Waals surface area contributed by atoms with Crippen molar-refractivity contribution in [2.45, 2.75) is 76.6 Å². The number of rotatable bonds is 5. The number of carbonyl (C=O) groups excluding carboxylic acids is 3. The van der Waals surface area contributed by atoms with E-state index in [1.54, 1.807) is 48.4 Å². The molecule has 3 amide bonds. The van der Waals surface area contributed by atoms with Crippen LogP contribution in [0.4, 0.5) is 16.6 Å². The molecule has 12 heteroatoms. The highest BCUT2D eigenvalue weighted by molar-refractivity contribution is 5.98. The van der Waals surface area contributed by atoms with Crippen molar-refractivity contribution in [3.8, 4) is 0 Å². The molecule has 2 aliphatic heterocycles. The minimum atomic E-state index is -0.555. The molecule has 0 unspecified atom stereocenters. The molecule has 3 fully saturated rings. The Bertz CT molecular complexity index is 1520. The zero-order chi connectivity index (χ0) is 29.8. The van der Waals surface area contributed by atoms with E-state index in [4.69, 9.17) is 9.72 Å². The Hall–Kier alpha value is -4.22. The molecule has 1 aliphatic carbocycles. The number of nitrogens with one attached hydrogen (secondary N) is 1. The molecule has 3 aromatic heterocycles. The maximum Gasteiger partial charge on any atom is 0.410 e. The number of pyridine rings is 1. The van der Waals surface area contributed by atoms with Gasteiger partial charge >= 0.3 is 6.09 Å². The Morgan fingerprint density at radius 3 is 2.31 bits per heavy atom. The average molecular weight is 575 g/mol. The Morgan fingerprint density at radius 2 is 1.69 bits per heavy atom. The van der Waals surface area contributed by atoms with Gasteiger partial charge in [0.25, 0.3) is 11.8 Å². The summed E-state index contributed by atoms with van der Waals surface area (Å²) in [5, 5.41) is 3.97. The summed E-state index contributed by atoms with van der Waals surface area (Å²) in [5.41, 5.74) is 1.27. The number of amides is 3. The first-order chi connectivity index (χ1) is 20.0. The van der Waals surface area contributed by atoms with Gasteiger partial charge in [0.2, 0.25) is 5.95 Å². The lowest BCUT2D eigenvalue weighted by Crippen LogP contribution is -2.51. The number of fused-ring (bicyclic) bond motifs is 3. The largest absolute Gasteiger partial charge is 0.444 e. The monoisotopic (exact) mass is 574 g/mol. The zero-order valence-corrected chi connectivity index (χ0v) is 24.8. The van der Waals surface area contributed by atoms with E-state index in [1.165, 1.54) is 0 Å². The number of piperazine rings is 1. The van der Waals surface area contributed by atoms with Gasteiger partial charge < -0.3 is 29.3 Å². The first kappa shape index (κ1) is 27.9. The molecule has 6 rings (SSSR count). The number of hydrogen-bond donors (Lipinski definition) is 1. The third kappa shape index (κ3) is 5.25. The van der Waals surface area contributed by atoms with Gasteiger partial charge in [-0.2, -0.15) is 4.98 Å². The highest BCUT2D eigenvalue weighted by Gasteiger charge is 2.48. The van der Waals surface area contributed by atoms with Crippen LogP contribution in [0.3, 0.4) is 0 Å². The van der Waals surface area contributed by atoms with Gasteiger partial charge in [0.05, 0.1) is 17.6 Å². The van der Waals surface area contributed by atoms with Crippen molar-refractivity contribution in [3.05, 3.63) is 41.9 Å². The number of hydrogen-bond acceptors (Lipinski definition) is 8. The molecule has 42 heavy (non-hydrogen) atoms. The van der Waals surface area contributed by atoms with Crippen molar-refractivity contribution >= 4 is 40.7 Å². The van der Waals surface area contributed by atoms with Crippen LogP contribution < -0.4 is 5.32 Å². The molecular weight excluding hydrogens is 536 g/mol. The molecule has 0 spiro atoms. The standard InChI is InChI=1S/C30H38N8O4/c1-30(2,3)42-29(41)37-17-21-13-22(37)16-36(21)26(39)18-10-11-24(31-14-18)33-28-32-15-19-12-23(27(40)35(4)5)38(25(19)34-28)20-8-6-7-9-20/h10-12,14-15,20-22H,6-9,13,16-17H2,1-5H3,(H,31,32,33,34)/t21-,22-/m0/s1. The van der Waals surface area contributed by atoms with Crippen molar-refractivity contribution in [3.63, 3.8) is 0 Å². The van der Waals surface area contributed by atoms with Gasteiger partial charge in [-0.15, -0.1) is 0 Å². The molecule has 0 radical (unpaired) electrons. The van der Waals surface area contributed by atoms with E-state index in [-0.39, 0.29) is 36.0 Å². The maximum absolute atomic E-state index is 13.3. The predicted molar refractivity (Wildman–Crippen MR) is 157 cm³/mol. The molecular formula is C30H38N8O4. The third-order valence-corrected chi connectivity index (χ3v) is 8.27. The lowest BCUT2D eigenvalue weighted by Gasteiger charge is -2.35. The number of aromatic nitrogens is 4. The molecule has 12 nitrogen and oxygen atoms in total. The van der Waals surface area contributed by atoms with Crippen LogP contribution in [0.25, 0.3) is 11.0 Å². The highest BCUT2D eigenvalue weighted by Crippen LogP contribution is 2.35. The fraction of sp³-hybridized carbons (Fsp3) is 0.533. The van der Waals surface area contributed by atoms with Crippen molar-refractivity contribution in [2.24, 2.45) is 0 Å². The highest BCUT2D eigenvalue weighted by atomic mass is 16.6. The summed E-state index contributed by atoms with van der Waals surface area (Å²) in [5.74, 6) is 0.721. The van der Waals surface area contributed by atoms with Crippen LogP contribution in [0.5, 0.6) is 0 Å². The summed E-state index contributed by atoms with van der Waals surface area (Å²) in [6.07, 6.45) is 7.99. The first-order valence-electron chi connectivity index (χ1n) is 14.6. The first-order valence-corrected chi connectivity index (χ1v) is 14.6. The van der Waals surface area contributed by atoms with Crippen LogP contribution in [-0.4, -0.2) is 97.0 Å². The van der Waals surface area contributed by atoms with Gasteiger partial charge in [-0.3, -0.25) is 9.59 Å². The average Bonchev–Trinajstić information content (AvgIpc) is 3.74. The summed E-state index contributed by atoms with van der Waals surface area (Å²) in [6.45, 7) is 6.51.